The van der Waals surface area contributed by atoms with Crippen molar-refractivity contribution in [2.45, 2.75) is 142 Å². The van der Waals surface area contributed by atoms with Gasteiger partial charge >= 0.3 is 13.8 Å². The first-order valence-electron chi connectivity index (χ1n) is 16.3. The zero-order valence-electron chi connectivity index (χ0n) is 26.4. The summed E-state index contributed by atoms with van der Waals surface area (Å²) < 4.78 is 26.6. The number of aliphatic hydroxyl groups excluding tert-OH is 1. The summed E-state index contributed by atoms with van der Waals surface area (Å²) in [6.45, 7) is 3.39. The highest BCUT2D eigenvalue weighted by Crippen LogP contribution is 2.42. The van der Waals surface area contributed by atoms with Crippen LogP contribution in [0.15, 0.2) is 24.3 Å². The van der Waals surface area contributed by atoms with Crippen LogP contribution in [0.5, 0.6) is 0 Å². The molecule has 0 aliphatic carbocycles. The number of ether oxygens (including phenoxy) is 1. The number of phosphoric acid groups is 1. The number of rotatable bonds is 30. The Morgan fingerprint density at radius 1 is 0.714 bits per heavy atom. The van der Waals surface area contributed by atoms with Gasteiger partial charge in [-0.15, -0.1) is 0 Å². The summed E-state index contributed by atoms with van der Waals surface area (Å²) in [4.78, 5) is 33.5. The number of hydrogen-bond donors (Lipinski definition) is 3. The van der Waals surface area contributed by atoms with Gasteiger partial charge in [-0.2, -0.15) is 0 Å². The van der Waals surface area contributed by atoms with Crippen LogP contribution in [0.2, 0.25) is 0 Å². The quantitative estimate of drug-likeness (QED) is 0.0323. The predicted molar refractivity (Wildman–Crippen MR) is 169 cm³/mol. The molecule has 2 atom stereocenters. The van der Waals surface area contributed by atoms with E-state index in [1.54, 1.807) is 0 Å². The van der Waals surface area contributed by atoms with Crippen LogP contribution in [0.1, 0.15) is 136 Å². The fourth-order valence-corrected chi connectivity index (χ4v) is 4.82. The largest absolute Gasteiger partial charge is 0.472 e. The van der Waals surface area contributed by atoms with Crippen molar-refractivity contribution >= 4 is 19.7 Å². The summed E-state index contributed by atoms with van der Waals surface area (Å²) >= 11 is 0. The summed E-state index contributed by atoms with van der Waals surface area (Å²) in [5.74, 6) is -0.542. The van der Waals surface area contributed by atoms with Gasteiger partial charge in [-0.1, -0.05) is 95.9 Å². The van der Waals surface area contributed by atoms with Crippen molar-refractivity contribution in [2.75, 3.05) is 26.4 Å². The monoisotopic (exact) mass is 617 g/mol. The van der Waals surface area contributed by atoms with E-state index in [-0.39, 0.29) is 32.1 Å². The highest BCUT2D eigenvalue weighted by Gasteiger charge is 2.23. The van der Waals surface area contributed by atoms with Crippen LogP contribution in [0.25, 0.3) is 0 Å². The van der Waals surface area contributed by atoms with E-state index in [1.807, 2.05) is 0 Å². The molecular weight excluding hydrogens is 557 g/mol. The third-order valence-electron chi connectivity index (χ3n) is 6.58. The molecule has 0 spiro atoms. The molecule has 2 unspecified atom stereocenters. The Morgan fingerprint density at radius 2 is 1.26 bits per heavy atom. The molecule has 0 radical (unpaired) electrons. The van der Waals surface area contributed by atoms with Gasteiger partial charge in [0, 0.05) is 19.4 Å². The molecule has 1 amide bonds. The minimum atomic E-state index is -4.40. The van der Waals surface area contributed by atoms with Gasteiger partial charge in [-0.05, 0) is 51.4 Å². The van der Waals surface area contributed by atoms with Crippen molar-refractivity contribution in [3.05, 3.63) is 24.3 Å². The Hall–Kier alpha value is -1.51. The van der Waals surface area contributed by atoms with Crippen molar-refractivity contribution in [1.82, 2.24) is 5.32 Å². The maximum atomic E-state index is 12.0. The van der Waals surface area contributed by atoms with Crippen LogP contribution in [-0.4, -0.2) is 54.3 Å². The molecule has 0 aliphatic heterocycles. The first kappa shape index (κ1) is 40.5. The number of unbranched alkanes of at least 4 members (excludes halogenated alkanes) is 13. The molecule has 0 heterocycles. The zero-order chi connectivity index (χ0) is 31.2. The Balaban J connectivity index is 3.68. The number of amides is 1. The smallest absolute Gasteiger partial charge is 0.463 e. The minimum absolute atomic E-state index is 0.0767. The second-order valence-corrected chi connectivity index (χ2v) is 12.2. The molecule has 0 aromatic rings. The summed E-state index contributed by atoms with van der Waals surface area (Å²) in [6, 6.07) is 0. The lowest BCUT2D eigenvalue weighted by Crippen LogP contribution is -2.27. The van der Waals surface area contributed by atoms with Crippen molar-refractivity contribution in [2.24, 2.45) is 0 Å². The molecule has 42 heavy (non-hydrogen) atoms. The molecule has 0 aliphatic rings. The molecule has 246 valence electrons. The van der Waals surface area contributed by atoms with E-state index in [0.717, 1.165) is 77.0 Å². The lowest BCUT2D eigenvalue weighted by molar-refractivity contribution is -0.147. The number of phosphoric ester groups is 1. The molecule has 0 aromatic heterocycles. The van der Waals surface area contributed by atoms with Gasteiger partial charge in [0.2, 0.25) is 5.91 Å². The van der Waals surface area contributed by atoms with Crippen molar-refractivity contribution in [1.29, 1.82) is 0 Å². The summed E-state index contributed by atoms with van der Waals surface area (Å²) in [6.07, 6.45) is 26.9. The number of hydrogen-bond acceptors (Lipinski definition) is 7. The Bertz CT molecular complexity index is 759. The molecule has 0 bridgehead atoms. The number of aliphatic hydroxyl groups is 1. The first-order chi connectivity index (χ1) is 20.3. The van der Waals surface area contributed by atoms with Gasteiger partial charge in [0.05, 0.1) is 13.2 Å². The Labute approximate surface area is 255 Å². The predicted octanol–water partition coefficient (Wildman–Crippen LogP) is 7.70. The van der Waals surface area contributed by atoms with Crippen LogP contribution in [0.4, 0.5) is 0 Å². The van der Waals surface area contributed by atoms with Crippen molar-refractivity contribution in [3.8, 4) is 0 Å². The number of nitrogens with one attached hydrogen (secondary N) is 1. The highest BCUT2D eigenvalue weighted by molar-refractivity contribution is 7.47. The van der Waals surface area contributed by atoms with E-state index >= 15 is 0 Å². The third-order valence-corrected chi connectivity index (χ3v) is 7.57. The van der Waals surface area contributed by atoms with Gasteiger partial charge in [0.25, 0.3) is 0 Å². The third kappa shape index (κ3) is 30.0. The lowest BCUT2D eigenvalue weighted by Gasteiger charge is -2.15. The number of allylic oxidation sites excluding steroid dienone is 4. The molecule has 0 fully saturated rings. The number of carbonyl (C=O) groups excluding carboxylic acids is 2. The van der Waals surface area contributed by atoms with E-state index in [2.05, 4.69) is 43.5 Å². The van der Waals surface area contributed by atoms with Gasteiger partial charge in [0.1, 0.15) is 12.7 Å². The van der Waals surface area contributed by atoms with E-state index < -0.39 is 26.5 Å². The Kier molecular flexibility index (Phi) is 28.5. The fourth-order valence-electron chi connectivity index (χ4n) is 4.07. The fraction of sp³-hybridized carbons (Fsp3) is 0.812. The summed E-state index contributed by atoms with van der Waals surface area (Å²) in [5.41, 5.74) is 0. The normalized spacial score (nSPS) is 13.9. The molecule has 0 saturated carbocycles. The Morgan fingerprint density at radius 3 is 1.88 bits per heavy atom. The van der Waals surface area contributed by atoms with Crippen LogP contribution in [0, 0.1) is 0 Å². The van der Waals surface area contributed by atoms with Gasteiger partial charge in [-0.25, -0.2) is 4.57 Å². The summed E-state index contributed by atoms with van der Waals surface area (Å²) in [7, 11) is -4.40. The molecule has 0 rings (SSSR count). The van der Waals surface area contributed by atoms with E-state index in [9.17, 15) is 24.2 Å². The SMILES string of the molecule is CCC/C=C\CCCCCCCC(=O)OCC(O)COP(=O)(O)OCCNC(=O)CCCCCCC/C=C\CCCC. The van der Waals surface area contributed by atoms with Gasteiger partial charge < -0.3 is 20.1 Å². The number of carbonyl (C=O) groups is 2. The average molecular weight is 618 g/mol. The second-order valence-electron chi connectivity index (χ2n) is 10.8. The molecule has 0 saturated heterocycles. The second kappa shape index (κ2) is 29.6. The lowest BCUT2D eigenvalue weighted by atomic mass is 10.1. The maximum absolute atomic E-state index is 12.0. The topological polar surface area (TPSA) is 131 Å². The molecule has 0 aromatic carbocycles. The van der Waals surface area contributed by atoms with Crippen molar-refractivity contribution < 1.29 is 37.9 Å². The van der Waals surface area contributed by atoms with Crippen LogP contribution in [0.3, 0.4) is 0 Å². The highest BCUT2D eigenvalue weighted by atomic mass is 31.2. The number of esters is 1. The van der Waals surface area contributed by atoms with E-state index in [0.29, 0.717) is 6.42 Å². The standard InChI is InChI=1S/C32H60NO8P/c1-3-5-7-9-11-13-15-16-18-20-22-24-31(35)33-26-27-40-42(37,38)41-29-30(34)28-39-32(36)25-23-21-19-17-14-12-10-8-6-4-2/h8-11,30,34H,3-7,12-29H2,1-2H3,(H,33,35)(H,37,38)/b10-8-,11-9-. The first-order valence-corrected chi connectivity index (χ1v) is 17.8. The maximum Gasteiger partial charge on any atom is 0.472 e. The van der Waals surface area contributed by atoms with Crippen LogP contribution < -0.4 is 5.32 Å². The zero-order valence-corrected chi connectivity index (χ0v) is 27.3. The van der Waals surface area contributed by atoms with E-state index in [1.165, 1.54) is 32.1 Å². The van der Waals surface area contributed by atoms with Crippen LogP contribution in [-0.2, 0) is 27.9 Å². The molecule has 3 N–H and O–H groups in total. The van der Waals surface area contributed by atoms with Crippen LogP contribution >= 0.6 is 7.82 Å². The average Bonchev–Trinajstić information content (AvgIpc) is 2.97. The van der Waals surface area contributed by atoms with Gasteiger partial charge in [0.15, 0.2) is 0 Å². The van der Waals surface area contributed by atoms with Crippen molar-refractivity contribution in [3.63, 3.8) is 0 Å². The van der Waals surface area contributed by atoms with E-state index in [4.69, 9.17) is 13.8 Å². The summed E-state index contributed by atoms with van der Waals surface area (Å²) in [5, 5.41) is 12.6. The van der Waals surface area contributed by atoms with Gasteiger partial charge in [-0.3, -0.25) is 18.6 Å². The molecule has 10 heteroatoms. The molecular formula is C32H60NO8P. The minimum Gasteiger partial charge on any atom is -0.463 e. The molecule has 9 nitrogen and oxygen atoms in total.